The van der Waals surface area contributed by atoms with Gasteiger partial charge in [-0.2, -0.15) is 5.26 Å². The minimum atomic E-state index is -0.871. The Kier molecular flexibility index (Phi) is 5.36. The van der Waals surface area contributed by atoms with E-state index in [0.29, 0.717) is 19.4 Å². The van der Waals surface area contributed by atoms with Gasteiger partial charge in [0.15, 0.2) is 0 Å². The summed E-state index contributed by atoms with van der Waals surface area (Å²) in [7, 11) is 0. The van der Waals surface area contributed by atoms with Gasteiger partial charge in [0.25, 0.3) is 0 Å². The Bertz CT molecular complexity index is 441. The van der Waals surface area contributed by atoms with Crippen molar-refractivity contribution in [1.29, 1.82) is 5.26 Å². The molecule has 0 aromatic carbocycles. The van der Waals surface area contributed by atoms with Crippen LogP contribution in [-0.2, 0) is 17.8 Å². The molecule has 0 fully saturated rings. The highest BCUT2D eigenvalue weighted by atomic mass is 32.1. The standard InChI is InChI=1S/C14H20N2OS/c1-4-11-7-8-18-12(11)9-16-13(17)14(5-2,6-3)10-15/h7-8H,4-6,9H2,1-3H3,(H,16,17). The second-order valence-corrected chi connectivity index (χ2v) is 5.31. The van der Waals surface area contributed by atoms with Gasteiger partial charge in [0, 0.05) is 4.88 Å². The summed E-state index contributed by atoms with van der Waals surface area (Å²) in [6.45, 7) is 6.40. The average molecular weight is 264 g/mol. The molecule has 4 heteroatoms. The highest BCUT2D eigenvalue weighted by Gasteiger charge is 2.34. The summed E-state index contributed by atoms with van der Waals surface area (Å²) in [6, 6.07) is 4.25. The minimum Gasteiger partial charge on any atom is -0.350 e. The largest absolute Gasteiger partial charge is 0.350 e. The molecule has 0 bridgehead atoms. The lowest BCUT2D eigenvalue weighted by Crippen LogP contribution is -2.39. The zero-order valence-electron chi connectivity index (χ0n) is 11.2. The van der Waals surface area contributed by atoms with E-state index in [-0.39, 0.29) is 5.91 Å². The van der Waals surface area contributed by atoms with Gasteiger partial charge in [-0.1, -0.05) is 20.8 Å². The molecule has 98 valence electrons. The Labute approximate surface area is 113 Å². The zero-order valence-corrected chi connectivity index (χ0v) is 12.1. The van der Waals surface area contributed by atoms with Crippen LogP contribution in [-0.4, -0.2) is 5.91 Å². The van der Waals surface area contributed by atoms with E-state index in [4.69, 9.17) is 0 Å². The molecular weight excluding hydrogens is 244 g/mol. The van der Waals surface area contributed by atoms with Crippen LogP contribution in [0, 0.1) is 16.7 Å². The van der Waals surface area contributed by atoms with Crippen molar-refractivity contribution in [3.05, 3.63) is 21.9 Å². The number of nitrogens with one attached hydrogen (secondary N) is 1. The van der Waals surface area contributed by atoms with Crippen LogP contribution < -0.4 is 5.32 Å². The molecule has 0 unspecified atom stereocenters. The molecule has 0 radical (unpaired) electrons. The molecule has 0 aliphatic heterocycles. The fourth-order valence-electron chi connectivity index (χ4n) is 1.95. The SMILES string of the molecule is CCc1ccsc1CNC(=O)C(C#N)(CC)CC. The number of carbonyl (C=O) groups excluding carboxylic acids is 1. The van der Waals surface area contributed by atoms with E-state index >= 15 is 0 Å². The quantitative estimate of drug-likeness (QED) is 0.857. The van der Waals surface area contributed by atoms with Gasteiger partial charge in [-0.3, -0.25) is 4.79 Å². The number of thiophene rings is 1. The Morgan fingerprint density at radius 2 is 2.11 bits per heavy atom. The van der Waals surface area contributed by atoms with Gasteiger partial charge in [-0.15, -0.1) is 11.3 Å². The summed E-state index contributed by atoms with van der Waals surface area (Å²) in [5.41, 5.74) is 0.403. The lowest BCUT2D eigenvalue weighted by Gasteiger charge is -2.22. The second-order valence-electron chi connectivity index (χ2n) is 4.31. The molecule has 1 rings (SSSR count). The summed E-state index contributed by atoms with van der Waals surface area (Å²) in [5, 5.41) is 14.1. The first-order valence-electron chi connectivity index (χ1n) is 6.38. The third-order valence-corrected chi connectivity index (χ3v) is 4.45. The van der Waals surface area contributed by atoms with E-state index in [9.17, 15) is 10.1 Å². The fourth-order valence-corrected chi connectivity index (χ4v) is 2.86. The van der Waals surface area contributed by atoms with Gasteiger partial charge in [-0.05, 0) is 36.3 Å². The summed E-state index contributed by atoms with van der Waals surface area (Å²) < 4.78 is 0. The molecular formula is C14H20N2OS. The molecule has 1 amide bonds. The first-order chi connectivity index (χ1) is 8.63. The molecule has 1 heterocycles. The maximum absolute atomic E-state index is 12.1. The molecule has 0 saturated heterocycles. The van der Waals surface area contributed by atoms with Crippen molar-refractivity contribution in [3.8, 4) is 6.07 Å². The fraction of sp³-hybridized carbons (Fsp3) is 0.571. The van der Waals surface area contributed by atoms with Crippen molar-refractivity contribution >= 4 is 17.2 Å². The van der Waals surface area contributed by atoms with Gasteiger partial charge in [-0.25, -0.2) is 0 Å². The van der Waals surface area contributed by atoms with Crippen molar-refractivity contribution in [1.82, 2.24) is 5.32 Å². The number of nitrogens with zero attached hydrogens (tertiary/aromatic N) is 1. The number of hydrogen-bond donors (Lipinski definition) is 1. The third kappa shape index (κ3) is 2.91. The van der Waals surface area contributed by atoms with Crippen LogP contribution in [0.3, 0.4) is 0 Å². The van der Waals surface area contributed by atoms with Crippen LogP contribution in [0.2, 0.25) is 0 Å². The highest BCUT2D eigenvalue weighted by molar-refractivity contribution is 7.10. The van der Waals surface area contributed by atoms with Crippen LogP contribution >= 0.6 is 11.3 Å². The topological polar surface area (TPSA) is 52.9 Å². The maximum atomic E-state index is 12.1. The molecule has 1 aromatic rings. The number of nitriles is 1. The first kappa shape index (κ1) is 14.7. The van der Waals surface area contributed by atoms with Crippen molar-refractivity contribution in [3.63, 3.8) is 0 Å². The van der Waals surface area contributed by atoms with Crippen LogP contribution in [0.15, 0.2) is 11.4 Å². The van der Waals surface area contributed by atoms with Crippen LogP contribution in [0.4, 0.5) is 0 Å². The summed E-state index contributed by atoms with van der Waals surface area (Å²) in [6.07, 6.45) is 2.08. The summed E-state index contributed by atoms with van der Waals surface area (Å²) in [5.74, 6) is -0.148. The van der Waals surface area contributed by atoms with E-state index in [1.807, 2.05) is 19.2 Å². The van der Waals surface area contributed by atoms with Gasteiger partial charge >= 0.3 is 0 Å². The van der Waals surface area contributed by atoms with E-state index in [1.165, 1.54) is 10.4 Å². The maximum Gasteiger partial charge on any atom is 0.240 e. The van der Waals surface area contributed by atoms with Gasteiger partial charge in [0.1, 0.15) is 5.41 Å². The molecule has 0 spiro atoms. The molecule has 0 aliphatic rings. The Balaban J connectivity index is 2.69. The van der Waals surface area contributed by atoms with E-state index in [2.05, 4.69) is 24.4 Å². The lowest BCUT2D eigenvalue weighted by atomic mass is 9.83. The molecule has 18 heavy (non-hydrogen) atoms. The van der Waals surface area contributed by atoms with Crippen molar-refractivity contribution < 1.29 is 4.79 Å². The Hall–Kier alpha value is -1.34. The van der Waals surface area contributed by atoms with E-state index < -0.39 is 5.41 Å². The van der Waals surface area contributed by atoms with Gasteiger partial charge < -0.3 is 5.32 Å². The smallest absolute Gasteiger partial charge is 0.240 e. The first-order valence-corrected chi connectivity index (χ1v) is 7.26. The molecule has 0 atom stereocenters. The molecule has 1 N–H and O–H groups in total. The third-order valence-electron chi connectivity index (χ3n) is 3.48. The van der Waals surface area contributed by atoms with Crippen molar-refractivity contribution in [2.75, 3.05) is 0 Å². The summed E-state index contributed by atoms with van der Waals surface area (Å²) in [4.78, 5) is 13.3. The van der Waals surface area contributed by atoms with Gasteiger partial charge in [0.2, 0.25) is 5.91 Å². The normalized spacial score (nSPS) is 11.0. The van der Waals surface area contributed by atoms with Crippen LogP contribution in [0.5, 0.6) is 0 Å². The predicted octanol–water partition coefficient (Wildman–Crippen LogP) is 3.26. The number of rotatable bonds is 6. The average Bonchev–Trinajstić information content (AvgIpc) is 2.86. The number of hydrogen-bond acceptors (Lipinski definition) is 3. The van der Waals surface area contributed by atoms with Crippen molar-refractivity contribution in [2.24, 2.45) is 5.41 Å². The summed E-state index contributed by atoms with van der Waals surface area (Å²) >= 11 is 1.65. The second kappa shape index (κ2) is 6.55. The van der Waals surface area contributed by atoms with E-state index in [1.54, 1.807) is 11.3 Å². The molecule has 1 aromatic heterocycles. The van der Waals surface area contributed by atoms with Crippen molar-refractivity contribution in [2.45, 2.75) is 46.6 Å². The molecule has 0 saturated carbocycles. The van der Waals surface area contributed by atoms with Crippen LogP contribution in [0.1, 0.15) is 44.1 Å². The number of amides is 1. The Morgan fingerprint density at radius 1 is 1.44 bits per heavy atom. The monoisotopic (exact) mass is 264 g/mol. The number of aryl methyl sites for hydroxylation is 1. The molecule has 3 nitrogen and oxygen atoms in total. The minimum absolute atomic E-state index is 0.148. The zero-order chi connectivity index (χ0) is 13.6. The van der Waals surface area contributed by atoms with E-state index in [0.717, 1.165) is 6.42 Å². The lowest BCUT2D eigenvalue weighted by molar-refractivity contribution is -0.128. The van der Waals surface area contributed by atoms with Gasteiger partial charge in [0.05, 0.1) is 12.6 Å². The predicted molar refractivity (Wildman–Crippen MR) is 74.2 cm³/mol. The number of carbonyl (C=O) groups is 1. The highest BCUT2D eigenvalue weighted by Crippen LogP contribution is 2.26. The van der Waals surface area contributed by atoms with Crippen LogP contribution in [0.25, 0.3) is 0 Å². The Morgan fingerprint density at radius 3 is 2.61 bits per heavy atom. The molecule has 0 aliphatic carbocycles.